The number of carboxylic acid groups (broad SMARTS) is 1. The monoisotopic (exact) mass is 195 g/mol. The molecule has 0 bridgehead atoms. The molecule has 0 aromatic carbocycles. The van der Waals surface area contributed by atoms with Gasteiger partial charge in [-0.05, 0) is 6.92 Å². The van der Waals surface area contributed by atoms with Crippen LogP contribution in [0.25, 0.3) is 0 Å². The van der Waals surface area contributed by atoms with E-state index in [4.69, 9.17) is 22.9 Å². The van der Waals surface area contributed by atoms with Gasteiger partial charge in [-0.3, -0.25) is 4.55 Å². The third kappa shape index (κ3) is 599. The van der Waals surface area contributed by atoms with Crippen LogP contribution in [0.15, 0.2) is 0 Å². The summed E-state index contributed by atoms with van der Waals surface area (Å²) in [5.41, 5.74) is 0. The Morgan fingerprint density at radius 3 is 1.60 bits per heavy atom. The molecule has 0 heterocycles. The Labute approximate surface area is 101 Å². The van der Waals surface area contributed by atoms with Gasteiger partial charge in [0, 0.05) is 5.97 Å². The van der Waals surface area contributed by atoms with E-state index in [1.807, 2.05) is 0 Å². The molecule has 0 aliphatic heterocycles. The van der Waals surface area contributed by atoms with Gasteiger partial charge in [-0.1, -0.05) is 0 Å². The van der Waals surface area contributed by atoms with Gasteiger partial charge in [0.25, 0.3) is 0 Å². The molecule has 6 nitrogen and oxygen atoms in total. The quantitative estimate of drug-likeness (QED) is 0.295. The average Bonchev–Trinajstić information content (AvgIpc) is 1.19. The van der Waals surface area contributed by atoms with Gasteiger partial charge in [0.15, 0.2) is 0 Å². The van der Waals surface area contributed by atoms with Crippen LogP contribution in [0.2, 0.25) is 0 Å². The van der Waals surface area contributed by atoms with E-state index in [2.05, 4.69) is 5.14 Å². The van der Waals surface area contributed by atoms with Crippen LogP contribution in [0.4, 0.5) is 0 Å². The van der Waals surface area contributed by atoms with Crippen LogP contribution >= 0.6 is 0 Å². The molecule has 0 saturated carbocycles. The van der Waals surface area contributed by atoms with Crippen LogP contribution in [0.5, 0.6) is 0 Å². The van der Waals surface area contributed by atoms with Crippen molar-refractivity contribution in [1.29, 1.82) is 0 Å². The first-order chi connectivity index (χ1) is 3.73. The Morgan fingerprint density at radius 2 is 1.60 bits per heavy atom. The van der Waals surface area contributed by atoms with Crippen LogP contribution < -0.4 is 61.6 Å². The zero-order chi connectivity index (χ0) is 8.08. The van der Waals surface area contributed by atoms with Gasteiger partial charge in [-0.15, -0.1) is 0 Å². The van der Waals surface area contributed by atoms with E-state index < -0.39 is 16.3 Å². The number of carbonyl (C=O) groups is 1. The third-order valence-corrected chi connectivity index (χ3v) is 0. The molecule has 0 aromatic rings. The fourth-order valence-electron chi connectivity index (χ4n) is 0. The summed E-state index contributed by atoms with van der Waals surface area (Å²) in [5, 5.41) is 12.8. The molecule has 10 heavy (non-hydrogen) atoms. The normalized spacial score (nSPS) is 8.30. The Bertz CT molecular complexity index is 162. The summed E-state index contributed by atoms with van der Waals surface area (Å²) < 4.78 is 25.2. The second kappa shape index (κ2) is 8.08. The van der Waals surface area contributed by atoms with Crippen LogP contribution in [0.1, 0.15) is 6.92 Å². The first kappa shape index (κ1) is 17.2. The molecule has 0 radical (unpaired) electrons. The summed E-state index contributed by atoms with van der Waals surface area (Å²) in [7, 11) is -4.17. The fourth-order valence-corrected chi connectivity index (χ4v) is 0. The van der Waals surface area contributed by atoms with Gasteiger partial charge in [0.05, 0.1) is 0 Å². The fraction of sp³-hybridized carbons (Fsp3) is 0.500. The van der Waals surface area contributed by atoms with Crippen molar-refractivity contribution in [3.63, 3.8) is 0 Å². The van der Waals surface area contributed by atoms with Crippen molar-refractivity contribution in [3.05, 3.63) is 0 Å². The van der Waals surface area contributed by atoms with Gasteiger partial charge in [-0.2, -0.15) is 8.42 Å². The standard InChI is InChI=1S/C2H4O2.K.H3NO3S/c1-2(3)4;;1-5(2,3)4/h1H3,(H,3,4);;(H3,1,2,3,4)/q;+1;/p-1. The van der Waals surface area contributed by atoms with Crippen molar-refractivity contribution in [2.24, 2.45) is 5.14 Å². The van der Waals surface area contributed by atoms with E-state index in [9.17, 15) is 0 Å². The first-order valence-corrected chi connectivity index (χ1v) is 3.16. The molecule has 0 fully saturated rings. The zero-order valence-electron chi connectivity index (χ0n) is 5.57. The number of hydrogen-bond acceptors (Lipinski definition) is 4. The second-order valence-corrected chi connectivity index (χ2v) is 2.04. The maximum Gasteiger partial charge on any atom is 1.00 e. The van der Waals surface area contributed by atoms with Gasteiger partial charge in [0.2, 0.25) is 0 Å². The molecule has 3 N–H and O–H groups in total. The van der Waals surface area contributed by atoms with E-state index >= 15 is 0 Å². The Balaban J connectivity index is -0.0000000910. The number of nitrogens with two attached hydrogens (primary N) is 1. The molecule has 0 spiro atoms. The van der Waals surface area contributed by atoms with Crippen LogP contribution in [0, 0.1) is 0 Å². The van der Waals surface area contributed by atoms with Crippen molar-refractivity contribution < 1.29 is 74.3 Å². The van der Waals surface area contributed by atoms with Crippen LogP contribution in [0.3, 0.4) is 0 Å². The SMILES string of the molecule is CC(=O)[O-].NS(=O)(=O)O.[K+]. The van der Waals surface area contributed by atoms with Crippen molar-refractivity contribution in [2.75, 3.05) is 0 Å². The van der Waals surface area contributed by atoms with Crippen LogP contribution in [-0.2, 0) is 15.1 Å². The summed E-state index contributed by atoms with van der Waals surface area (Å²) >= 11 is 0. The molecule has 0 aliphatic carbocycles. The molecule has 56 valence electrons. The third-order valence-electron chi connectivity index (χ3n) is 0. The van der Waals surface area contributed by atoms with E-state index in [-0.39, 0.29) is 51.4 Å². The van der Waals surface area contributed by atoms with Crippen LogP contribution in [-0.4, -0.2) is 18.9 Å². The first-order valence-electron chi connectivity index (χ1n) is 1.66. The van der Waals surface area contributed by atoms with E-state index in [0.717, 1.165) is 6.92 Å². The summed E-state index contributed by atoms with van der Waals surface area (Å²) in [6, 6.07) is 0. The van der Waals surface area contributed by atoms with Crippen molar-refractivity contribution in [2.45, 2.75) is 6.92 Å². The van der Waals surface area contributed by atoms with E-state index in [1.54, 1.807) is 0 Å². The molecule has 0 aliphatic rings. The Kier molecular flexibility index (Phi) is 13.9. The van der Waals surface area contributed by atoms with Crippen molar-refractivity contribution in [3.8, 4) is 0 Å². The maximum absolute atomic E-state index is 8.97. The van der Waals surface area contributed by atoms with Gasteiger partial charge in [0.1, 0.15) is 0 Å². The van der Waals surface area contributed by atoms with E-state index in [1.165, 1.54) is 0 Å². The van der Waals surface area contributed by atoms with Gasteiger partial charge >= 0.3 is 61.7 Å². The number of carbonyl (C=O) groups excluding carboxylic acids is 1. The number of aliphatic carboxylic acids is 1. The molecule has 0 amide bonds. The molecule has 0 rings (SSSR count). The topological polar surface area (TPSA) is 121 Å². The summed E-state index contributed by atoms with van der Waals surface area (Å²) in [4.78, 5) is 8.89. The average molecular weight is 195 g/mol. The van der Waals surface area contributed by atoms with Gasteiger partial charge < -0.3 is 9.90 Å². The van der Waals surface area contributed by atoms with Crippen molar-refractivity contribution >= 4 is 16.3 Å². The Hall–Kier alpha value is 0.976. The smallest absolute Gasteiger partial charge is 0.550 e. The molecular formula is C2H6KNO5S. The predicted molar refractivity (Wildman–Crippen MR) is 26.4 cm³/mol. The van der Waals surface area contributed by atoms with Crippen molar-refractivity contribution in [1.82, 2.24) is 0 Å². The maximum atomic E-state index is 8.97. The van der Waals surface area contributed by atoms with Gasteiger partial charge in [-0.25, -0.2) is 5.14 Å². The summed E-state index contributed by atoms with van der Waals surface area (Å²) in [6.07, 6.45) is 0. The Morgan fingerprint density at radius 1 is 1.60 bits per heavy atom. The summed E-state index contributed by atoms with van der Waals surface area (Å²) in [6.45, 7) is 0.972. The minimum atomic E-state index is -4.17. The molecule has 0 atom stereocenters. The zero-order valence-corrected chi connectivity index (χ0v) is 9.51. The second-order valence-electron chi connectivity index (χ2n) is 1.01. The molecule has 8 heteroatoms. The minimum absolute atomic E-state index is 0. The molecule has 0 saturated heterocycles. The molecular weight excluding hydrogens is 189 g/mol. The minimum Gasteiger partial charge on any atom is -0.550 e. The number of rotatable bonds is 0. The van der Waals surface area contributed by atoms with E-state index in [0.29, 0.717) is 0 Å². The largest absolute Gasteiger partial charge is 1.00 e. The number of hydrogen-bond donors (Lipinski definition) is 2. The molecule has 0 aromatic heterocycles. The summed E-state index contributed by atoms with van der Waals surface area (Å²) in [5.74, 6) is -1.08. The number of carboxylic acids is 1. The predicted octanol–water partition coefficient (Wildman–Crippen LogP) is -5.49. The molecule has 0 unspecified atom stereocenters.